The lowest BCUT2D eigenvalue weighted by Gasteiger charge is -2.27. The molecule has 2 aromatic carbocycles. The van der Waals surface area contributed by atoms with Crippen LogP contribution in [0, 0.1) is 16.5 Å². The van der Waals surface area contributed by atoms with E-state index >= 15 is 0 Å². The molecule has 175 valence electrons. The normalized spacial score (nSPS) is 13.2. The third kappa shape index (κ3) is 6.83. The molecule has 0 aromatic heterocycles. The Morgan fingerprint density at radius 3 is 2.45 bits per heavy atom. The number of methoxy groups -OCH3 is 1. The number of carbonyl (C=O) groups excluding carboxylic acids is 2. The first-order valence-electron chi connectivity index (χ1n) is 10.6. The standard InChI is InChI=1S/C23H26N3O7/c1-31-21-16-19(10-11-20(21)22(27)25-13-3-2-4-14-25)32-15-5-12-24-23(28)33-18-8-6-17(7-9-18)26(29)30/h2,6-11,16H,3-5,12-15H2,1H3,(H,24,28). The fraction of sp³-hybridized carbons (Fsp3) is 0.348. The highest BCUT2D eigenvalue weighted by atomic mass is 16.6. The molecule has 1 heterocycles. The Labute approximate surface area is 191 Å². The highest BCUT2D eigenvalue weighted by Gasteiger charge is 2.21. The van der Waals surface area contributed by atoms with Crippen molar-refractivity contribution in [1.82, 2.24) is 10.2 Å². The number of benzene rings is 2. The summed E-state index contributed by atoms with van der Waals surface area (Å²) in [6, 6.07) is 10.3. The molecule has 1 aliphatic rings. The summed E-state index contributed by atoms with van der Waals surface area (Å²) in [5, 5.41) is 13.2. The lowest BCUT2D eigenvalue weighted by atomic mass is 10.1. The number of nitrogens with zero attached hydrogens (tertiary/aromatic N) is 2. The van der Waals surface area contributed by atoms with Gasteiger partial charge in [0.25, 0.3) is 11.6 Å². The molecule has 2 amide bonds. The third-order valence-electron chi connectivity index (χ3n) is 5.01. The van der Waals surface area contributed by atoms with Gasteiger partial charge in [0.15, 0.2) is 0 Å². The average molecular weight is 456 g/mol. The molecule has 0 bridgehead atoms. The molecule has 0 unspecified atom stereocenters. The van der Waals surface area contributed by atoms with Gasteiger partial charge in [-0.1, -0.05) is 0 Å². The largest absolute Gasteiger partial charge is 0.496 e. The van der Waals surface area contributed by atoms with Crippen molar-refractivity contribution in [1.29, 1.82) is 0 Å². The van der Waals surface area contributed by atoms with Crippen molar-refractivity contribution in [2.45, 2.75) is 19.3 Å². The first kappa shape index (κ1) is 23.8. The van der Waals surface area contributed by atoms with Crippen LogP contribution < -0.4 is 19.5 Å². The van der Waals surface area contributed by atoms with Crippen LogP contribution in [0.2, 0.25) is 0 Å². The SMILES string of the molecule is COc1cc(OCCCNC(=O)Oc2ccc([N+](=O)[O-])cc2)ccc1C(=O)N1CC[CH]CC1. The molecule has 1 fully saturated rings. The lowest BCUT2D eigenvalue weighted by Crippen LogP contribution is -2.35. The molecule has 1 N–H and O–H groups in total. The second-order valence-electron chi connectivity index (χ2n) is 7.29. The van der Waals surface area contributed by atoms with Gasteiger partial charge in [-0.25, -0.2) is 4.79 Å². The monoisotopic (exact) mass is 456 g/mol. The van der Waals surface area contributed by atoms with Crippen molar-refractivity contribution in [3.8, 4) is 17.2 Å². The van der Waals surface area contributed by atoms with E-state index in [-0.39, 0.29) is 17.3 Å². The predicted molar refractivity (Wildman–Crippen MR) is 120 cm³/mol. The summed E-state index contributed by atoms with van der Waals surface area (Å²) in [6.45, 7) is 2.06. The highest BCUT2D eigenvalue weighted by molar-refractivity contribution is 5.97. The summed E-state index contributed by atoms with van der Waals surface area (Å²) in [5.74, 6) is 1.17. The van der Waals surface area contributed by atoms with Crippen molar-refractivity contribution >= 4 is 17.7 Å². The molecule has 2 aromatic rings. The van der Waals surface area contributed by atoms with E-state index in [9.17, 15) is 19.7 Å². The molecule has 0 spiro atoms. The van der Waals surface area contributed by atoms with Gasteiger partial charge in [-0.2, -0.15) is 0 Å². The van der Waals surface area contributed by atoms with E-state index < -0.39 is 11.0 Å². The van der Waals surface area contributed by atoms with Crippen LogP contribution in [-0.4, -0.2) is 55.2 Å². The lowest BCUT2D eigenvalue weighted by molar-refractivity contribution is -0.384. The van der Waals surface area contributed by atoms with Gasteiger partial charge < -0.3 is 24.4 Å². The first-order valence-corrected chi connectivity index (χ1v) is 10.6. The van der Waals surface area contributed by atoms with Gasteiger partial charge in [-0.15, -0.1) is 0 Å². The van der Waals surface area contributed by atoms with Crippen LogP contribution in [0.3, 0.4) is 0 Å². The van der Waals surface area contributed by atoms with Gasteiger partial charge in [-0.05, 0) is 49.9 Å². The molecule has 1 saturated heterocycles. The van der Waals surface area contributed by atoms with E-state index in [1.54, 1.807) is 18.2 Å². The third-order valence-corrected chi connectivity index (χ3v) is 5.01. The number of likely N-dealkylation sites (tertiary alicyclic amines) is 1. The molecule has 33 heavy (non-hydrogen) atoms. The minimum Gasteiger partial charge on any atom is -0.496 e. The number of hydrogen-bond donors (Lipinski definition) is 1. The Morgan fingerprint density at radius 2 is 1.79 bits per heavy atom. The molecule has 3 rings (SSSR count). The van der Waals surface area contributed by atoms with Crippen LogP contribution in [0.5, 0.6) is 17.2 Å². The molecular weight excluding hydrogens is 430 g/mol. The van der Waals surface area contributed by atoms with Gasteiger partial charge in [-0.3, -0.25) is 14.9 Å². The summed E-state index contributed by atoms with van der Waals surface area (Å²) >= 11 is 0. The van der Waals surface area contributed by atoms with Crippen LogP contribution in [0.25, 0.3) is 0 Å². The zero-order valence-electron chi connectivity index (χ0n) is 18.3. The number of nitro groups is 1. The summed E-state index contributed by atoms with van der Waals surface area (Å²) < 4.78 is 16.1. The van der Waals surface area contributed by atoms with E-state index in [4.69, 9.17) is 14.2 Å². The molecule has 0 aliphatic carbocycles. The van der Waals surface area contributed by atoms with Gasteiger partial charge in [0, 0.05) is 37.8 Å². The predicted octanol–water partition coefficient (Wildman–Crippen LogP) is 3.60. The summed E-state index contributed by atoms with van der Waals surface area (Å²) in [5.41, 5.74) is 0.418. The maximum atomic E-state index is 12.7. The van der Waals surface area contributed by atoms with Crippen molar-refractivity contribution < 1.29 is 28.7 Å². The Kier molecular flexibility index (Phi) is 8.45. The molecule has 1 radical (unpaired) electrons. The van der Waals surface area contributed by atoms with Crippen molar-refractivity contribution in [3.63, 3.8) is 0 Å². The topological polar surface area (TPSA) is 120 Å². The summed E-state index contributed by atoms with van der Waals surface area (Å²) in [6.07, 6.45) is 3.82. The molecule has 0 saturated carbocycles. The van der Waals surface area contributed by atoms with Gasteiger partial charge in [0.2, 0.25) is 0 Å². The van der Waals surface area contributed by atoms with Crippen molar-refractivity contribution in [2.24, 2.45) is 0 Å². The molecule has 1 aliphatic heterocycles. The van der Waals surface area contributed by atoms with Gasteiger partial charge >= 0.3 is 6.09 Å². The molecule has 10 heteroatoms. The maximum absolute atomic E-state index is 12.7. The smallest absolute Gasteiger partial charge is 0.412 e. The number of ether oxygens (including phenoxy) is 3. The Bertz CT molecular complexity index is 973. The zero-order chi connectivity index (χ0) is 23.6. The van der Waals surface area contributed by atoms with Crippen LogP contribution in [0.1, 0.15) is 29.6 Å². The van der Waals surface area contributed by atoms with E-state index in [0.29, 0.717) is 49.7 Å². The maximum Gasteiger partial charge on any atom is 0.412 e. The van der Waals surface area contributed by atoms with E-state index in [1.165, 1.54) is 31.4 Å². The number of rotatable bonds is 9. The number of amides is 2. The highest BCUT2D eigenvalue weighted by Crippen LogP contribution is 2.27. The molecule has 0 atom stereocenters. The minimum absolute atomic E-state index is 0.0535. The number of non-ortho nitro benzene ring substituents is 1. The minimum atomic E-state index is -0.663. The first-order chi connectivity index (χ1) is 16.0. The van der Waals surface area contributed by atoms with E-state index in [2.05, 4.69) is 11.7 Å². The number of piperidine rings is 1. The van der Waals surface area contributed by atoms with Crippen LogP contribution in [-0.2, 0) is 0 Å². The second kappa shape index (κ2) is 11.7. The van der Waals surface area contributed by atoms with Crippen LogP contribution >= 0.6 is 0 Å². The number of carbonyl (C=O) groups is 2. The Morgan fingerprint density at radius 1 is 1.09 bits per heavy atom. The van der Waals surface area contributed by atoms with Crippen LogP contribution in [0.4, 0.5) is 10.5 Å². The fourth-order valence-electron chi connectivity index (χ4n) is 3.29. The number of nitro benzene ring substituents is 1. The van der Waals surface area contributed by atoms with Crippen LogP contribution in [0.15, 0.2) is 42.5 Å². The van der Waals surface area contributed by atoms with E-state index in [0.717, 1.165) is 12.8 Å². The quantitative estimate of drug-likeness (QED) is 0.348. The fourth-order valence-corrected chi connectivity index (χ4v) is 3.29. The zero-order valence-corrected chi connectivity index (χ0v) is 18.3. The summed E-state index contributed by atoms with van der Waals surface area (Å²) in [7, 11) is 1.51. The average Bonchev–Trinajstić information content (AvgIpc) is 2.84. The molecular formula is C23H26N3O7. The molecule has 10 nitrogen and oxygen atoms in total. The van der Waals surface area contributed by atoms with E-state index in [1.807, 2.05) is 4.90 Å². The second-order valence-corrected chi connectivity index (χ2v) is 7.29. The van der Waals surface area contributed by atoms with Crippen molar-refractivity contribution in [2.75, 3.05) is 33.4 Å². The Hall–Kier alpha value is -3.82. The Balaban J connectivity index is 1.41. The van der Waals surface area contributed by atoms with Crippen molar-refractivity contribution in [3.05, 3.63) is 64.6 Å². The van der Waals surface area contributed by atoms with Gasteiger partial charge in [0.1, 0.15) is 17.2 Å². The number of nitrogens with one attached hydrogen (secondary N) is 1. The number of hydrogen-bond acceptors (Lipinski definition) is 7. The van der Waals surface area contributed by atoms with Gasteiger partial charge in [0.05, 0.1) is 24.2 Å². The summed E-state index contributed by atoms with van der Waals surface area (Å²) in [4.78, 5) is 36.5.